The van der Waals surface area contributed by atoms with Crippen molar-refractivity contribution in [2.24, 2.45) is 0 Å². The normalized spacial score (nSPS) is 19.2. The van der Waals surface area contributed by atoms with Crippen LogP contribution in [-0.4, -0.2) is 97.1 Å². The van der Waals surface area contributed by atoms with Crippen LogP contribution in [0.1, 0.15) is 32.6 Å². The molecule has 2 amide bonds. The van der Waals surface area contributed by atoms with E-state index in [2.05, 4.69) is 23.7 Å². The van der Waals surface area contributed by atoms with Crippen molar-refractivity contribution in [3.63, 3.8) is 0 Å². The minimum absolute atomic E-state index is 0.0296. The molecule has 2 aliphatic heterocycles. The van der Waals surface area contributed by atoms with Gasteiger partial charge in [-0.1, -0.05) is 12.8 Å². The average Bonchev–Trinajstić information content (AvgIpc) is 2.77. The molecule has 27 heavy (non-hydrogen) atoms. The third kappa shape index (κ3) is 7.57. The number of likely N-dealkylation sites (tertiary alicyclic amines) is 1. The Bertz CT molecular complexity index is 559. The Morgan fingerprint density at radius 2 is 1.93 bits per heavy atom. The molecule has 0 saturated carbocycles. The Morgan fingerprint density at radius 3 is 2.48 bits per heavy atom. The van der Waals surface area contributed by atoms with Gasteiger partial charge in [0.15, 0.2) is 0 Å². The Morgan fingerprint density at radius 1 is 1.30 bits per heavy atom. The van der Waals surface area contributed by atoms with E-state index >= 15 is 0 Å². The van der Waals surface area contributed by atoms with Gasteiger partial charge in [0.05, 0.1) is 31.7 Å². The predicted molar refractivity (Wildman–Crippen MR) is 101 cm³/mol. The number of ether oxygens (including phenoxy) is 1. The molecular weight excluding hydrogens is 350 g/mol. The molecule has 8 heteroatoms. The molecule has 2 saturated heterocycles. The van der Waals surface area contributed by atoms with Crippen LogP contribution in [-0.2, 0) is 19.1 Å². The summed E-state index contributed by atoms with van der Waals surface area (Å²) in [7, 11) is 3.42. The molecular formula is C19H31N3O5. The number of likely N-dealkylation sites (N-methyl/N-ethyl adjacent to an activating group) is 1. The van der Waals surface area contributed by atoms with Gasteiger partial charge in [0.25, 0.3) is 6.47 Å². The number of hydrogen-bond donors (Lipinski definition) is 1. The van der Waals surface area contributed by atoms with Crippen LogP contribution in [0, 0.1) is 11.8 Å². The summed E-state index contributed by atoms with van der Waals surface area (Å²) in [6, 6.07) is 0. The Kier molecular flexibility index (Phi) is 9.83. The lowest BCUT2D eigenvalue weighted by Gasteiger charge is -2.39. The Labute approximate surface area is 161 Å². The Hall–Kier alpha value is -2.11. The molecule has 0 aromatic heterocycles. The second-order valence-corrected chi connectivity index (χ2v) is 6.90. The maximum Gasteiger partial charge on any atom is 0.290 e. The van der Waals surface area contributed by atoms with E-state index in [9.17, 15) is 9.59 Å². The second kappa shape index (κ2) is 11.6. The van der Waals surface area contributed by atoms with Crippen LogP contribution in [0.3, 0.4) is 0 Å². The number of carbonyl (C=O) groups excluding carboxylic acids is 2. The lowest BCUT2D eigenvalue weighted by molar-refractivity contribution is -0.140. The van der Waals surface area contributed by atoms with Gasteiger partial charge in [-0.3, -0.25) is 19.3 Å². The van der Waals surface area contributed by atoms with Crippen molar-refractivity contribution in [1.29, 1.82) is 0 Å². The van der Waals surface area contributed by atoms with Gasteiger partial charge in [0.2, 0.25) is 11.8 Å². The topological polar surface area (TPSA) is 90.4 Å². The molecule has 152 valence electrons. The van der Waals surface area contributed by atoms with Crippen LogP contribution in [0.4, 0.5) is 0 Å². The van der Waals surface area contributed by atoms with Crippen LogP contribution < -0.4 is 0 Å². The minimum Gasteiger partial charge on any atom is -0.483 e. The van der Waals surface area contributed by atoms with E-state index in [0.717, 1.165) is 38.9 Å². The number of carboxylic acid groups (broad SMARTS) is 1. The maximum atomic E-state index is 12.6. The van der Waals surface area contributed by atoms with Crippen LogP contribution in [0.5, 0.6) is 0 Å². The van der Waals surface area contributed by atoms with E-state index in [4.69, 9.17) is 14.6 Å². The van der Waals surface area contributed by atoms with E-state index in [1.54, 1.807) is 19.0 Å². The molecule has 1 spiro atoms. The third-order valence-corrected chi connectivity index (χ3v) is 4.79. The highest BCUT2D eigenvalue weighted by Crippen LogP contribution is 2.32. The van der Waals surface area contributed by atoms with Crippen molar-refractivity contribution < 1.29 is 24.2 Å². The van der Waals surface area contributed by atoms with Gasteiger partial charge in [0, 0.05) is 40.2 Å². The lowest BCUT2D eigenvalue weighted by Crippen LogP contribution is -2.47. The van der Waals surface area contributed by atoms with Crippen molar-refractivity contribution in [1.82, 2.24) is 14.7 Å². The van der Waals surface area contributed by atoms with Gasteiger partial charge in [0.1, 0.15) is 0 Å². The van der Waals surface area contributed by atoms with Gasteiger partial charge < -0.3 is 19.6 Å². The molecule has 0 bridgehead atoms. The highest BCUT2D eigenvalue weighted by atomic mass is 16.5. The number of amides is 2. The van der Waals surface area contributed by atoms with Crippen molar-refractivity contribution in [2.45, 2.75) is 38.2 Å². The number of piperidine rings is 1. The van der Waals surface area contributed by atoms with Crippen molar-refractivity contribution in [2.75, 3.05) is 53.4 Å². The van der Waals surface area contributed by atoms with Gasteiger partial charge >= 0.3 is 0 Å². The average molecular weight is 381 g/mol. The van der Waals surface area contributed by atoms with E-state index in [1.807, 2.05) is 0 Å². The Balaban J connectivity index is 0.00000114. The standard InChI is InChI=1S/C18H29N3O3.CH2O2/c1-4-5-6-9-20-10-7-18(8-11-20)14-16(22)21(12-13-24-18)15-17(23)19(2)3;2-1-3/h4,7-15H2,1-3H3;1H,(H,2,3). The minimum atomic E-state index is -0.359. The monoisotopic (exact) mass is 381 g/mol. The quantitative estimate of drug-likeness (QED) is 0.558. The number of rotatable bonds is 3. The fourth-order valence-electron chi connectivity index (χ4n) is 3.14. The van der Waals surface area contributed by atoms with Crippen molar-refractivity contribution >= 4 is 18.3 Å². The van der Waals surface area contributed by atoms with Gasteiger partial charge in [-0.05, 0) is 12.8 Å². The smallest absolute Gasteiger partial charge is 0.290 e. The molecule has 8 nitrogen and oxygen atoms in total. The third-order valence-electron chi connectivity index (χ3n) is 4.79. The summed E-state index contributed by atoms with van der Waals surface area (Å²) in [6.07, 6.45) is 2.96. The largest absolute Gasteiger partial charge is 0.483 e. The summed E-state index contributed by atoms with van der Waals surface area (Å²) >= 11 is 0. The fraction of sp³-hybridized carbons (Fsp3) is 0.737. The molecule has 0 aromatic carbocycles. The molecule has 0 unspecified atom stereocenters. The zero-order valence-electron chi connectivity index (χ0n) is 16.6. The van der Waals surface area contributed by atoms with Gasteiger partial charge in [-0.15, -0.1) is 5.92 Å². The maximum absolute atomic E-state index is 12.6. The van der Waals surface area contributed by atoms with E-state index < -0.39 is 0 Å². The molecule has 2 fully saturated rings. The summed E-state index contributed by atoms with van der Waals surface area (Å²) in [4.78, 5) is 38.3. The molecule has 0 aliphatic carbocycles. The first kappa shape index (κ1) is 22.9. The summed E-state index contributed by atoms with van der Waals surface area (Å²) in [6.45, 7) is 5.54. The summed E-state index contributed by atoms with van der Waals surface area (Å²) in [5.74, 6) is 6.25. The lowest BCUT2D eigenvalue weighted by atomic mass is 9.87. The second-order valence-electron chi connectivity index (χ2n) is 6.90. The van der Waals surface area contributed by atoms with Crippen LogP contribution in [0.15, 0.2) is 0 Å². The molecule has 2 aliphatic rings. The van der Waals surface area contributed by atoms with Gasteiger partial charge in [-0.25, -0.2) is 0 Å². The summed E-state index contributed by atoms with van der Waals surface area (Å²) in [5, 5.41) is 6.89. The number of hydrogen-bond acceptors (Lipinski definition) is 5. The number of nitrogens with zero attached hydrogens (tertiary/aromatic N) is 3. The number of carbonyl (C=O) groups is 3. The SMILES string of the molecule is CCC#CCN1CCC2(CC1)CC(=O)N(CC(=O)N(C)C)CCO2.O=CO. The summed E-state index contributed by atoms with van der Waals surface area (Å²) in [5.41, 5.74) is -0.359. The van der Waals surface area contributed by atoms with E-state index in [1.165, 1.54) is 4.90 Å². The molecule has 2 heterocycles. The van der Waals surface area contributed by atoms with Crippen LogP contribution >= 0.6 is 0 Å². The molecule has 1 N–H and O–H groups in total. The van der Waals surface area contributed by atoms with E-state index in [0.29, 0.717) is 19.6 Å². The molecule has 2 rings (SSSR count). The first-order chi connectivity index (χ1) is 12.9. The molecule has 0 radical (unpaired) electrons. The molecule has 0 aromatic rings. The molecule has 0 atom stereocenters. The van der Waals surface area contributed by atoms with Gasteiger partial charge in [-0.2, -0.15) is 0 Å². The highest BCUT2D eigenvalue weighted by molar-refractivity contribution is 5.85. The highest BCUT2D eigenvalue weighted by Gasteiger charge is 2.40. The van der Waals surface area contributed by atoms with Crippen LogP contribution in [0.2, 0.25) is 0 Å². The summed E-state index contributed by atoms with van der Waals surface area (Å²) < 4.78 is 6.10. The first-order valence-corrected chi connectivity index (χ1v) is 9.25. The zero-order chi connectivity index (χ0) is 20.3. The van der Waals surface area contributed by atoms with Crippen molar-refractivity contribution in [3.05, 3.63) is 0 Å². The zero-order valence-corrected chi connectivity index (χ0v) is 16.6. The van der Waals surface area contributed by atoms with E-state index in [-0.39, 0.29) is 30.4 Å². The van der Waals surface area contributed by atoms with Crippen molar-refractivity contribution in [3.8, 4) is 11.8 Å². The van der Waals surface area contributed by atoms with Crippen LogP contribution in [0.25, 0.3) is 0 Å². The predicted octanol–water partition coefficient (Wildman–Crippen LogP) is 0.272. The fourth-order valence-corrected chi connectivity index (χ4v) is 3.14. The first-order valence-electron chi connectivity index (χ1n) is 9.25.